The number of thioether (sulfide) groups is 1. The average Bonchev–Trinajstić information content (AvgIpc) is 2.66. The summed E-state index contributed by atoms with van der Waals surface area (Å²) in [6.07, 6.45) is 0.871. The van der Waals surface area contributed by atoms with Gasteiger partial charge in [-0.05, 0) is 36.4 Å². The van der Waals surface area contributed by atoms with E-state index in [2.05, 4.69) is 22.8 Å². The highest BCUT2D eigenvalue weighted by Crippen LogP contribution is 2.17. The molecule has 0 aliphatic heterocycles. The Morgan fingerprint density at radius 1 is 0.880 bits per heavy atom. The SMILES string of the molecule is O=C(CNC(=O)COc1ccccc1)NCCCSc1ccccc1. The van der Waals surface area contributed by atoms with Gasteiger partial charge in [0, 0.05) is 11.4 Å². The molecule has 0 aromatic heterocycles. The number of para-hydroxylation sites is 1. The third kappa shape index (κ3) is 8.26. The molecule has 0 radical (unpaired) electrons. The second-order valence-electron chi connectivity index (χ2n) is 5.24. The van der Waals surface area contributed by atoms with E-state index >= 15 is 0 Å². The number of ether oxygens (including phenoxy) is 1. The molecule has 25 heavy (non-hydrogen) atoms. The standard InChI is InChI=1S/C19H22N2O3S/c22-18(20-12-7-13-25-17-10-5-2-6-11-17)14-21-19(23)15-24-16-8-3-1-4-9-16/h1-6,8-11H,7,12-15H2,(H,20,22)(H,21,23). The van der Waals surface area contributed by atoms with E-state index in [0.29, 0.717) is 12.3 Å². The predicted octanol–water partition coefficient (Wildman–Crippen LogP) is 2.48. The number of carbonyl (C=O) groups excluding carboxylic acids is 2. The molecule has 0 aliphatic carbocycles. The van der Waals surface area contributed by atoms with Crippen LogP contribution in [0.5, 0.6) is 5.75 Å². The number of nitrogens with one attached hydrogen (secondary N) is 2. The summed E-state index contributed by atoms with van der Waals surface area (Å²) in [7, 11) is 0. The molecule has 2 aromatic carbocycles. The van der Waals surface area contributed by atoms with E-state index in [1.807, 2.05) is 36.4 Å². The van der Waals surface area contributed by atoms with E-state index in [1.165, 1.54) is 4.90 Å². The Bertz CT molecular complexity index is 650. The van der Waals surface area contributed by atoms with E-state index in [9.17, 15) is 9.59 Å². The van der Waals surface area contributed by atoms with Crippen molar-refractivity contribution in [1.29, 1.82) is 0 Å². The zero-order chi connectivity index (χ0) is 17.7. The van der Waals surface area contributed by atoms with Crippen molar-refractivity contribution in [3.05, 3.63) is 60.7 Å². The van der Waals surface area contributed by atoms with Gasteiger partial charge in [0.25, 0.3) is 5.91 Å². The van der Waals surface area contributed by atoms with E-state index in [-0.39, 0.29) is 25.0 Å². The quantitative estimate of drug-likeness (QED) is 0.506. The highest BCUT2D eigenvalue weighted by molar-refractivity contribution is 7.99. The number of rotatable bonds is 10. The van der Waals surface area contributed by atoms with Crippen molar-refractivity contribution in [2.45, 2.75) is 11.3 Å². The minimum atomic E-state index is -0.321. The maximum atomic E-state index is 11.7. The van der Waals surface area contributed by atoms with Gasteiger partial charge in [0.15, 0.2) is 6.61 Å². The first-order chi connectivity index (χ1) is 12.2. The molecular formula is C19H22N2O3S. The van der Waals surface area contributed by atoms with Crippen LogP contribution in [0.3, 0.4) is 0 Å². The van der Waals surface area contributed by atoms with E-state index < -0.39 is 0 Å². The lowest BCUT2D eigenvalue weighted by Gasteiger charge is -2.08. The highest BCUT2D eigenvalue weighted by Gasteiger charge is 2.06. The number of carbonyl (C=O) groups is 2. The van der Waals surface area contributed by atoms with Crippen molar-refractivity contribution in [2.75, 3.05) is 25.4 Å². The molecule has 2 aromatic rings. The molecular weight excluding hydrogens is 336 g/mol. The first kappa shape index (κ1) is 18.9. The van der Waals surface area contributed by atoms with Crippen molar-refractivity contribution in [3.8, 4) is 5.75 Å². The predicted molar refractivity (Wildman–Crippen MR) is 99.7 cm³/mol. The van der Waals surface area contributed by atoms with Crippen LogP contribution in [0.25, 0.3) is 0 Å². The first-order valence-electron chi connectivity index (χ1n) is 8.13. The molecule has 5 nitrogen and oxygen atoms in total. The van der Waals surface area contributed by atoms with Gasteiger partial charge in [0.05, 0.1) is 6.54 Å². The Labute approximate surface area is 152 Å². The number of amides is 2. The minimum absolute atomic E-state index is 0.0389. The lowest BCUT2D eigenvalue weighted by atomic mass is 10.3. The molecule has 0 spiro atoms. The van der Waals surface area contributed by atoms with Gasteiger partial charge in [-0.3, -0.25) is 9.59 Å². The van der Waals surface area contributed by atoms with Crippen molar-refractivity contribution < 1.29 is 14.3 Å². The Morgan fingerprint density at radius 3 is 2.28 bits per heavy atom. The molecule has 132 valence electrons. The summed E-state index contributed by atoms with van der Waals surface area (Å²) in [6, 6.07) is 19.2. The molecule has 0 unspecified atom stereocenters. The van der Waals surface area contributed by atoms with Crippen LogP contribution in [-0.4, -0.2) is 37.3 Å². The molecule has 0 saturated carbocycles. The molecule has 0 saturated heterocycles. The summed E-state index contributed by atoms with van der Waals surface area (Å²) in [5.74, 6) is 1.04. The Hall–Kier alpha value is -2.47. The van der Waals surface area contributed by atoms with Gasteiger partial charge in [-0.1, -0.05) is 36.4 Å². The minimum Gasteiger partial charge on any atom is -0.484 e. The molecule has 0 atom stereocenters. The number of hydrogen-bond donors (Lipinski definition) is 2. The zero-order valence-electron chi connectivity index (χ0n) is 13.9. The maximum absolute atomic E-state index is 11.7. The third-order valence-electron chi connectivity index (χ3n) is 3.21. The Morgan fingerprint density at radius 2 is 1.56 bits per heavy atom. The summed E-state index contributed by atoms with van der Waals surface area (Å²) in [4.78, 5) is 24.5. The fourth-order valence-electron chi connectivity index (χ4n) is 1.96. The van der Waals surface area contributed by atoms with E-state index in [1.54, 1.807) is 23.9 Å². The lowest BCUT2D eigenvalue weighted by Crippen LogP contribution is -2.39. The van der Waals surface area contributed by atoms with E-state index in [0.717, 1.165) is 12.2 Å². The van der Waals surface area contributed by atoms with Crippen molar-refractivity contribution in [3.63, 3.8) is 0 Å². The molecule has 2 amide bonds. The van der Waals surface area contributed by atoms with Gasteiger partial charge >= 0.3 is 0 Å². The highest BCUT2D eigenvalue weighted by atomic mass is 32.2. The Balaban J connectivity index is 1.49. The fourth-order valence-corrected chi connectivity index (χ4v) is 2.84. The van der Waals surface area contributed by atoms with Crippen LogP contribution in [-0.2, 0) is 9.59 Å². The monoisotopic (exact) mass is 358 g/mol. The summed E-state index contributed by atoms with van der Waals surface area (Å²) in [5, 5.41) is 5.33. The summed E-state index contributed by atoms with van der Waals surface area (Å²) in [6.45, 7) is 0.447. The van der Waals surface area contributed by atoms with Gasteiger partial charge in [-0.15, -0.1) is 11.8 Å². The molecule has 0 heterocycles. The largest absolute Gasteiger partial charge is 0.484 e. The summed E-state index contributed by atoms with van der Waals surface area (Å²) in [5.41, 5.74) is 0. The molecule has 0 fully saturated rings. The van der Waals surface area contributed by atoms with Crippen LogP contribution < -0.4 is 15.4 Å². The van der Waals surface area contributed by atoms with Gasteiger partial charge in [-0.25, -0.2) is 0 Å². The fraction of sp³-hybridized carbons (Fsp3) is 0.263. The van der Waals surface area contributed by atoms with Crippen LogP contribution in [0.1, 0.15) is 6.42 Å². The van der Waals surface area contributed by atoms with Gasteiger partial charge in [0.1, 0.15) is 5.75 Å². The van der Waals surface area contributed by atoms with Crippen molar-refractivity contribution >= 4 is 23.6 Å². The van der Waals surface area contributed by atoms with Crippen molar-refractivity contribution in [1.82, 2.24) is 10.6 Å². The van der Waals surface area contributed by atoms with Gasteiger partial charge < -0.3 is 15.4 Å². The topological polar surface area (TPSA) is 67.4 Å². The second kappa shape index (κ2) is 11.1. The van der Waals surface area contributed by atoms with Crippen LogP contribution >= 0.6 is 11.8 Å². The van der Waals surface area contributed by atoms with Crippen molar-refractivity contribution in [2.24, 2.45) is 0 Å². The molecule has 2 rings (SSSR count). The second-order valence-corrected chi connectivity index (χ2v) is 6.41. The number of hydrogen-bond acceptors (Lipinski definition) is 4. The molecule has 0 bridgehead atoms. The summed E-state index contributed by atoms with van der Waals surface area (Å²) < 4.78 is 5.31. The van der Waals surface area contributed by atoms with Crippen LogP contribution in [0.2, 0.25) is 0 Å². The zero-order valence-corrected chi connectivity index (χ0v) is 14.8. The Kier molecular flexibility index (Phi) is 8.41. The van der Waals surface area contributed by atoms with Crippen LogP contribution in [0.15, 0.2) is 65.6 Å². The van der Waals surface area contributed by atoms with E-state index in [4.69, 9.17) is 4.74 Å². The third-order valence-corrected chi connectivity index (χ3v) is 4.31. The normalized spacial score (nSPS) is 10.1. The number of benzene rings is 2. The lowest BCUT2D eigenvalue weighted by molar-refractivity contribution is -0.127. The molecule has 0 aliphatic rings. The maximum Gasteiger partial charge on any atom is 0.258 e. The van der Waals surface area contributed by atoms with Crippen LogP contribution in [0.4, 0.5) is 0 Å². The summed E-state index contributed by atoms with van der Waals surface area (Å²) >= 11 is 1.76. The molecule has 2 N–H and O–H groups in total. The van der Waals surface area contributed by atoms with Crippen LogP contribution in [0, 0.1) is 0 Å². The molecule has 6 heteroatoms. The van der Waals surface area contributed by atoms with Gasteiger partial charge in [0.2, 0.25) is 5.91 Å². The average molecular weight is 358 g/mol. The van der Waals surface area contributed by atoms with Gasteiger partial charge in [-0.2, -0.15) is 0 Å². The smallest absolute Gasteiger partial charge is 0.258 e. The first-order valence-corrected chi connectivity index (χ1v) is 9.12.